The molecular weight excluding hydrogens is 174 g/mol. The summed E-state index contributed by atoms with van der Waals surface area (Å²) in [6.07, 6.45) is 4.87. The normalized spacial score (nSPS) is 10.0. The van der Waals surface area contributed by atoms with Gasteiger partial charge in [0, 0.05) is 5.56 Å². The van der Waals surface area contributed by atoms with Gasteiger partial charge in [-0.05, 0) is 24.1 Å². The molecule has 0 aliphatic heterocycles. The summed E-state index contributed by atoms with van der Waals surface area (Å²) in [4.78, 5) is 10.5. The molecule has 2 nitrogen and oxygen atoms in total. The first kappa shape index (κ1) is 10.2. The maximum atomic E-state index is 10.5. The van der Waals surface area contributed by atoms with E-state index in [1.54, 1.807) is 12.1 Å². The molecule has 0 bridgehead atoms. The number of benzene rings is 1. The highest BCUT2D eigenvalue weighted by molar-refractivity contribution is 5.76. The lowest BCUT2D eigenvalue weighted by Crippen LogP contribution is -1.85. The van der Waals surface area contributed by atoms with Crippen molar-refractivity contribution in [2.75, 3.05) is 0 Å². The number of hydrogen-bond acceptors (Lipinski definition) is 2. The minimum Gasteiger partial charge on any atom is -0.298 e. The maximum absolute atomic E-state index is 10.5. The largest absolute Gasteiger partial charge is 0.298 e. The van der Waals surface area contributed by atoms with Crippen LogP contribution in [0.5, 0.6) is 0 Å². The maximum Gasteiger partial charge on any atom is 0.150 e. The fourth-order valence-electron chi connectivity index (χ4n) is 1.15. The summed E-state index contributed by atoms with van der Waals surface area (Å²) in [5, 5.41) is 8.36. The van der Waals surface area contributed by atoms with Crippen LogP contribution >= 0.6 is 0 Å². The molecule has 0 heterocycles. The number of aldehydes is 1. The second kappa shape index (κ2) is 4.98. The Bertz CT molecular complexity index is 399. The van der Waals surface area contributed by atoms with Crippen LogP contribution in [0.3, 0.4) is 0 Å². The molecule has 0 aliphatic carbocycles. The third kappa shape index (κ3) is 2.56. The molecule has 2 heteroatoms. The van der Waals surface area contributed by atoms with Crippen molar-refractivity contribution in [3.63, 3.8) is 0 Å². The number of aryl methyl sites for hydroxylation is 1. The Labute approximate surface area is 83.5 Å². The predicted molar refractivity (Wildman–Crippen MR) is 55.8 cm³/mol. The number of allylic oxidation sites excluding steroid dienone is 1. The number of hydrogen-bond donors (Lipinski definition) is 0. The van der Waals surface area contributed by atoms with Crippen molar-refractivity contribution in [1.82, 2.24) is 0 Å². The van der Waals surface area contributed by atoms with Crippen molar-refractivity contribution in [3.8, 4) is 6.07 Å². The summed E-state index contributed by atoms with van der Waals surface area (Å²) in [6, 6.07) is 7.53. The molecular formula is C12H11NO. The molecule has 0 aromatic heterocycles. The van der Waals surface area contributed by atoms with Crippen LogP contribution in [-0.2, 0) is 0 Å². The van der Waals surface area contributed by atoms with Gasteiger partial charge in [-0.25, -0.2) is 0 Å². The first-order valence-corrected chi connectivity index (χ1v) is 4.37. The SMILES string of the molecule is Cc1ccc(C=O)cc1C=CCC#N. The summed E-state index contributed by atoms with van der Waals surface area (Å²) in [6.45, 7) is 1.97. The summed E-state index contributed by atoms with van der Waals surface area (Å²) in [5.41, 5.74) is 2.75. The van der Waals surface area contributed by atoms with Gasteiger partial charge in [0.2, 0.25) is 0 Å². The second-order valence-electron chi connectivity index (χ2n) is 3.00. The van der Waals surface area contributed by atoms with E-state index in [1.807, 2.05) is 31.2 Å². The first-order valence-electron chi connectivity index (χ1n) is 4.37. The van der Waals surface area contributed by atoms with E-state index in [0.29, 0.717) is 12.0 Å². The zero-order valence-electron chi connectivity index (χ0n) is 8.03. The van der Waals surface area contributed by atoms with E-state index in [9.17, 15) is 4.79 Å². The van der Waals surface area contributed by atoms with Gasteiger partial charge >= 0.3 is 0 Å². The number of nitrogens with zero attached hydrogens (tertiary/aromatic N) is 1. The minimum atomic E-state index is 0.394. The molecule has 0 spiro atoms. The van der Waals surface area contributed by atoms with Crippen LogP contribution in [-0.4, -0.2) is 6.29 Å². The Hall–Kier alpha value is -1.88. The Morgan fingerprint density at radius 1 is 1.50 bits per heavy atom. The standard InChI is InChI=1S/C12H11NO/c1-10-5-6-11(9-14)8-12(10)4-2-3-7-13/h2,4-6,8-9H,3H2,1H3. The van der Waals surface area contributed by atoms with Crippen LogP contribution in [0.25, 0.3) is 6.08 Å². The summed E-state index contributed by atoms with van der Waals surface area (Å²) in [5.74, 6) is 0. The molecule has 0 amide bonds. The van der Waals surface area contributed by atoms with E-state index in [2.05, 4.69) is 0 Å². The molecule has 1 rings (SSSR count). The van der Waals surface area contributed by atoms with Crippen molar-refractivity contribution in [2.24, 2.45) is 0 Å². The van der Waals surface area contributed by atoms with Crippen molar-refractivity contribution in [1.29, 1.82) is 5.26 Å². The van der Waals surface area contributed by atoms with Crippen molar-refractivity contribution in [2.45, 2.75) is 13.3 Å². The molecule has 0 atom stereocenters. The van der Waals surface area contributed by atoms with Gasteiger partial charge in [-0.3, -0.25) is 4.79 Å². The highest BCUT2D eigenvalue weighted by Crippen LogP contribution is 2.12. The van der Waals surface area contributed by atoms with Crippen molar-refractivity contribution >= 4 is 12.4 Å². The first-order chi connectivity index (χ1) is 6.77. The van der Waals surface area contributed by atoms with Gasteiger partial charge in [0.05, 0.1) is 12.5 Å². The quantitative estimate of drug-likeness (QED) is 0.679. The Balaban J connectivity index is 2.95. The molecule has 0 saturated heterocycles. The van der Waals surface area contributed by atoms with Gasteiger partial charge in [0.15, 0.2) is 0 Å². The fourth-order valence-corrected chi connectivity index (χ4v) is 1.15. The third-order valence-corrected chi connectivity index (χ3v) is 1.95. The lowest BCUT2D eigenvalue weighted by Gasteiger charge is -2.00. The Morgan fingerprint density at radius 2 is 2.29 bits per heavy atom. The zero-order valence-corrected chi connectivity index (χ0v) is 8.03. The third-order valence-electron chi connectivity index (χ3n) is 1.95. The molecule has 0 N–H and O–H groups in total. The van der Waals surface area contributed by atoms with E-state index < -0.39 is 0 Å². The lowest BCUT2D eigenvalue weighted by atomic mass is 10.0. The monoisotopic (exact) mass is 185 g/mol. The van der Waals surface area contributed by atoms with Crippen molar-refractivity contribution in [3.05, 3.63) is 41.0 Å². The summed E-state index contributed by atoms with van der Waals surface area (Å²) >= 11 is 0. The van der Waals surface area contributed by atoms with Crippen LogP contribution in [0, 0.1) is 18.3 Å². The Morgan fingerprint density at radius 3 is 2.93 bits per heavy atom. The number of carbonyl (C=O) groups excluding carboxylic acids is 1. The molecule has 14 heavy (non-hydrogen) atoms. The van der Waals surface area contributed by atoms with Crippen LogP contribution in [0.2, 0.25) is 0 Å². The fraction of sp³-hybridized carbons (Fsp3) is 0.167. The molecule has 70 valence electrons. The van der Waals surface area contributed by atoms with Gasteiger partial charge in [0.25, 0.3) is 0 Å². The summed E-state index contributed by atoms with van der Waals surface area (Å²) in [7, 11) is 0. The molecule has 0 unspecified atom stereocenters. The van der Waals surface area contributed by atoms with E-state index in [-0.39, 0.29) is 0 Å². The number of carbonyl (C=O) groups is 1. The van der Waals surface area contributed by atoms with Crippen LogP contribution in [0.15, 0.2) is 24.3 Å². The van der Waals surface area contributed by atoms with Crippen LogP contribution in [0.1, 0.15) is 27.9 Å². The lowest BCUT2D eigenvalue weighted by molar-refractivity contribution is 0.112. The Kier molecular flexibility index (Phi) is 3.63. The van der Waals surface area contributed by atoms with Gasteiger partial charge in [-0.2, -0.15) is 5.26 Å². The smallest absolute Gasteiger partial charge is 0.150 e. The van der Waals surface area contributed by atoms with Crippen molar-refractivity contribution < 1.29 is 4.79 Å². The highest BCUT2D eigenvalue weighted by atomic mass is 16.1. The molecule has 0 radical (unpaired) electrons. The molecule has 0 fully saturated rings. The molecule has 0 aliphatic rings. The average Bonchev–Trinajstić information content (AvgIpc) is 2.21. The highest BCUT2D eigenvalue weighted by Gasteiger charge is 1.95. The van der Waals surface area contributed by atoms with E-state index >= 15 is 0 Å². The zero-order chi connectivity index (χ0) is 10.4. The number of rotatable bonds is 3. The van der Waals surface area contributed by atoms with E-state index in [1.165, 1.54) is 0 Å². The number of nitriles is 1. The van der Waals surface area contributed by atoms with Gasteiger partial charge in [-0.15, -0.1) is 0 Å². The minimum absolute atomic E-state index is 0.394. The molecule has 1 aromatic carbocycles. The van der Waals surface area contributed by atoms with Gasteiger partial charge in [-0.1, -0.05) is 24.3 Å². The summed E-state index contributed by atoms with van der Waals surface area (Å²) < 4.78 is 0. The predicted octanol–water partition coefficient (Wildman–Crippen LogP) is 2.73. The second-order valence-corrected chi connectivity index (χ2v) is 3.00. The van der Waals surface area contributed by atoms with E-state index in [4.69, 9.17) is 5.26 Å². The topological polar surface area (TPSA) is 40.9 Å². The van der Waals surface area contributed by atoms with Gasteiger partial charge in [0.1, 0.15) is 6.29 Å². The average molecular weight is 185 g/mol. The van der Waals surface area contributed by atoms with Gasteiger partial charge < -0.3 is 0 Å². The molecule has 0 saturated carbocycles. The van der Waals surface area contributed by atoms with E-state index in [0.717, 1.165) is 17.4 Å². The van der Waals surface area contributed by atoms with Crippen LogP contribution < -0.4 is 0 Å². The molecule has 1 aromatic rings. The van der Waals surface area contributed by atoms with Crippen LogP contribution in [0.4, 0.5) is 0 Å².